The number of benzene rings is 1. The average Bonchev–Trinajstić information content (AvgIpc) is 2.32. The van der Waals surface area contributed by atoms with Gasteiger partial charge in [0.25, 0.3) is 0 Å². The summed E-state index contributed by atoms with van der Waals surface area (Å²) in [6, 6.07) is 7.31. The quantitative estimate of drug-likeness (QED) is 0.699. The lowest BCUT2D eigenvalue weighted by molar-refractivity contribution is -0.123. The Balaban J connectivity index is 2.17. The second-order valence-electron chi connectivity index (χ2n) is 4.04. The zero-order chi connectivity index (χ0) is 12.3. The van der Waals surface area contributed by atoms with Crippen LogP contribution < -0.4 is 16.4 Å². The predicted octanol–water partition coefficient (Wildman–Crippen LogP) is 1.01. The summed E-state index contributed by atoms with van der Waals surface area (Å²) in [6.45, 7) is 0.758. The molecule has 1 atom stereocenters. The first-order chi connectivity index (χ1) is 8.18. The van der Waals surface area contributed by atoms with E-state index in [0.29, 0.717) is 4.99 Å². The van der Waals surface area contributed by atoms with Gasteiger partial charge in [0, 0.05) is 17.8 Å². The van der Waals surface area contributed by atoms with Crippen molar-refractivity contribution in [2.75, 3.05) is 11.9 Å². The van der Waals surface area contributed by atoms with E-state index in [1.807, 2.05) is 24.3 Å². The number of thiocarbonyl (C=S) groups is 1. The summed E-state index contributed by atoms with van der Waals surface area (Å²) in [5.41, 5.74) is 7.25. The van der Waals surface area contributed by atoms with Gasteiger partial charge in [-0.15, -0.1) is 0 Å². The van der Waals surface area contributed by atoms with Crippen molar-refractivity contribution in [2.45, 2.75) is 18.9 Å². The van der Waals surface area contributed by atoms with Crippen LogP contribution in [0.2, 0.25) is 0 Å². The maximum atomic E-state index is 11.6. The minimum Gasteiger partial charge on any atom is -0.389 e. The highest BCUT2D eigenvalue weighted by atomic mass is 32.1. The van der Waals surface area contributed by atoms with E-state index in [1.54, 1.807) is 0 Å². The molecule has 0 spiro atoms. The highest BCUT2D eigenvalue weighted by Crippen LogP contribution is 2.18. The molecule has 2 rings (SSSR count). The van der Waals surface area contributed by atoms with Crippen molar-refractivity contribution in [1.82, 2.24) is 5.32 Å². The Labute approximate surface area is 106 Å². The van der Waals surface area contributed by atoms with Crippen molar-refractivity contribution in [3.8, 4) is 0 Å². The van der Waals surface area contributed by atoms with Gasteiger partial charge in [0.15, 0.2) is 0 Å². The van der Waals surface area contributed by atoms with Gasteiger partial charge in [-0.05, 0) is 25.0 Å². The molecule has 1 heterocycles. The normalized spacial score (nSPS) is 19.5. The first-order valence-electron chi connectivity index (χ1n) is 5.61. The van der Waals surface area contributed by atoms with Crippen LogP contribution in [0.1, 0.15) is 18.4 Å². The number of nitrogens with two attached hydrogens (primary N) is 1. The number of carbonyl (C=O) groups is 1. The lowest BCUT2D eigenvalue weighted by Gasteiger charge is -2.24. The van der Waals surface area contributed by atoms with Crippen LogP contribution in [0.25, 0.3) is 0 Å². The van der Waals surface area contributed by atoms with Gasteiger partial charge in [-0.3, -0.25) is 4.79 Å². The largest absolute Gasteiger partial charge is 0.389 e. The summed E-state index contributed by atoms with van der Waals surface area (Å²) in [5, 5.41) is 6.04. The van der Waals surface area contributed by atoms with Crippen molar-refractivity contribution in [3.05, 3.63) is 29.8 Å². The molecule has 1 amide bonds. The van der Waals surface area contributed by atoms with E-state index >= 15 is 0 Å². The third-order valence-corrected chi connectivity index (χ3v) is 3.03. The van der Waals surface area contributed by atoms with E-state index in [9.17, 15) is 4.79 Å². The zero-order valence-corrected chi connectivity index (χ0v) is 10.2. The van der Waals surface area contributed by atoms with Crippen molar-refractivity contribution in [1.29, 1.82) is 0 Å². The van der Waals surface area contributed by atoms with Crippen molar-refractivity contribution >= 4 is 28.8 Å². The third kappa shape index (κ3) is 2.74. The molecule has 4 N–H and O–H groups in total. The molecule has 0 bridgehead atoms. The minimum absolute atomic E-state index is 0.0361. The molecule has 0 radical (unpaired) electrons. The maximum absolute atomic E-state index is 11.6. The number of rotatable bonds is 3. The second kappa shape index (κ2) is 5.14. The molecule has 0 saturated carbocycles. The maximum Gasteiger partial charge on any atom is 0.242 e. The number of piperidine rings is 1. The molecule has 4 nitrogen and oxygen atoms in total. The second-order valence-corrected chi connectivity index (χ2v) is 4.48. The SMILES string of the molecule is NC(=S)c1ccccc1NC1CCCNC1=O. The summed E-state index contributed by atoms with van der Waals surface area (Å²) in [7, 11) is 0. The average molecular weight is 249 g/mol. The molecule has 1 fully saturated rings. The predicted molar refractivity (Wildman–Crippen MR) is 72.0 cm³/mol. The lowest BCUT2D eigenvalue weighted by atomic mass is 10.1. The van der Waals surface area contributed by atoms with Crippen LogP contribution in [0.4, 0.5) is 5.69 Å². The van der Waals surface area contributed by atoms with Crippen LogP contribution in [0.5, 0.6) is 0 Å². The molecule has 1 saturated heterocycles. The zero-order valence-electron chi connectivity index (χ0n) is 9.40. The Morgan fingerprint density at radius 3 is 2.94 bits per heavy atom. The molecular formula is C12H15N3OS. The Hall–Kier alpha value is -1.62. The van der Waals surface area contributed by atoms with Crippen LogP contribution >= 0.6 is 12.2 Å². The number of hydrogen-bond acceptors (Lipinski definition) is 3. The highest BCUT2D eigenvalue weighted by molar-refractivity contribution is 7.80. The van der Waals surface area contributed by atoms with Gasteiger partial charge in [-0.25, -0.2) is 0 Å². The summed E-state index contributed by atoms with van der Waals surface area (Å²) in [6.07, 6.45) is 1.82. The number of hydrogen-bond donors (Lipinski definition) is 3. The summed E-state index contributed by atoms with van der Waals surface area (Å²) < 4.78 is 0. The Morgan fingerprint density at radius 1 is 1.47 bits per heavy atom. The molecule has 17 heavy (non-hydrogen) atoms. The van der Waals surface area contributed by atoms with E-state index in [0.717, 1.165) is 30.6 Å². The minimum atomic E-state index is -0.195. The van der Waals surface area contributed by atoms with Gasteiger partial charge in [0.05, 0.1) is 0 Å². The fourth-order valence-electron chi connectivity index (χ4n) is 1.92. The fraction of sp³-hybridized carbons (Fsp3) is 0.333. The van der Waals surface area contributed by atoms with Gasteiger partial charge < -0.3 is 16.4 Å². The first kappa shape index (κ1) is 11.9. The fourth-order valence-corrected chi connectivity index (χ4v) is 2.10. The van der Waals surface area contributed by atoms with E-state index in [1.165, 1.54) is 0 Å². The van der Waals surface area contributed by atoms with Crippen LogP contribution in [0.15, 0.2) is 24.3 Å². The number of nitrogens with one attached hydrogen (secondary N) is 2. The highest BCUT2D eigenvalue weighted by Gasteiger charge is 2.22. The number of amides is 1. The molecular weight excluding hydrogens is 234 g/mol. The van der Waals surface area contributed by atoms with Gasteiger partial charge in [0.2, 0.25) is 5.91 Å². The van der Waals surface area contributed by atoms with Crippen LogP contribution in [-0.4, -0.2) is 23.5 Å². The van der Waals surface area contributed by atoms with Crippen molar-refractivity contribution in [2.24, 2.45) is 5.73 Å². The molecule has 5 heteroatoms. The Bertz CT molecular complexity index is 447. The van der Waals surface area contributed by atoms with Gasteiger partial charge in [-0.1, -0.05) is 24.4 Å². The molecule has 90 valence electrons. The van der Waals surface area contributed by atoms with Crippen LogP contribution in [0.3, 0.4) is 0 Å². The van der Waals surface area contributed by atoms with Crippen LogP contribution in [-0.2, 0) is 4.79 Å². The van der Waals surface area contributed by atoms with E-state index < -0.39 is 0 Å². The molecule has 1 aliphatic rings. The first-order valence-corrected chi connectivity index (χ1v) is 6.02. The number of anilines is 1. The molecule has 1 aromatic carbocycles. The molecule has 1 aliphatic heterocycles. The van der Waals surface area contributed by atoms with Crippen molar-refractivity contribution in [3.63, 3.8) is 0 Å². The Kier molecular flexibility index (Phi) is 3.58. The van der Waals surface area contributed by atoms with Crippen LogP contribution in [0, 0.1) is 0 Å². The summed E-state index contributed by atoms with van der Waals surface area (Å²) in [5.74, 6) is 0.0361. The molecule has 1 aromatic rings. The number of carbonyl (C=O) groups excluding carboxylic acids is 1. The van der Waals surface area contributed by atoms with E-state index in [4.69, 9.17) is 18.0 Å². The Morgan fingerprint density at radius 2 is 2.24 bits per heavy atom. The standard InChI is InChI=1S/C12H15N3OS/c13-11(17)8-4-1-2-5-9(8)15-10-6-3-7-14-12(10)16/h1-2,4-5,10,15H,3,6-7H2,(H2,13,17)(H,14,16). The smallest absolute Gasteiger partial charge is 0.242 e. The molecule has 0 aliphatic carbocycles. The monoisotopic (exact) mass is 249 g/mol. The van der Waals surface area contributed by atoms with Gasteiger partial charge >= 0.3 is 0 Å². The molecule has 0 aromatic heterocycles. The lowest BCUT2D eigenvalue weighted by Crippen LogP contribution is -2.44. The summed E-state index contributed by atoms with van der Waals surface area (Å²) in [4.78, 5) is 12.0. The van der Waals surface area contributed by atoms with E-state index in [-0.39, 0.29) is 11.9 Å². The third-order valence-electron chi connectivity index (χ3n) is 2.81. The summed E-state index contributed by atoms with van der Waals surface area (Å²) >= 11 is 4.98. The van der Waals surface area contributed by atoms with E-state index in [2.05, 4.69) is 10.6 Å². The topological polar surface area (TPSA) is 67.2 Å². The number of para-hydroxylation sites is 1. The van der Waals surface area contributed by atoms with Crippen molar-refractivity contribution < 1.29 is 4.79 Å². The van der Waals surface area contributed by atoms with Gasteiger partial charge in [-0.2, -0.15) is 0 Å². The van der Waals surface area contributed by atoms with Gasteiger partial charge in [0.1, 0.15) is 11.0 Å². The molecule has 1 unspecified atom stereocenters.